The van der Waals surface area contributed by atoms with Crippen molar-refractivity contribution in [1.29, 1.82) is 0 Å². The van der Waals surface area contributed by atoms with E-state index in [1.54, 1.807) is 0 Å². The Morgan fingerprint density at radius 3 is 2.75 bits per heavy atom. The summed E-state index contributed by atoms with van der Waals surface area (Å²) in [6, 6.07) is 4.20. The maximum Gasteiger partial charge on any atom is 0.250 e. The molecule has 4 atom stereocenters. The van der Waals surface area contributed by atoms with Gasteiger partial charge in [0.15, 0.2) is 5.82 Å². The zero-order valence-electron chi connectivity index (χ0n) is 11.2. The Hall–Kier alpha value is -1.88. The molecule has 0 unspecified atom stereocenters. The Bertz CT molecular complexity index is 616. The lowest BCUT2D eigenvalue weighted by Crippen LogP contribution is -2.23. The van der Waals surface area contributed by atoms with Gasteiger partial charge in [-0.05, 0) is 42.7 Å². The van der Waals surface area contributed by atoms with Gasteiger partial charge in [0.25, 0.3) is 0 Å². The number of hydrogen-bond acceptors (Lipinski definition) is 4. The molecule has 2 aliphatic rings. The van der Waals surface area contributed by atoms with Crippen molar-refractivity contribution in [2.24, 2.45) is 23.5 Å². The molecule has 5 nitrogen and oxygen atoms in total. The van der Waals surface area contributed by atoms with E-state index in [-0.39, 0.29) is 6.04 Å². The highest BCUT2D eigenvalue weighted by Gasteiger charge is 2.43. The molecule has 2 heterocycles. The number of hydrogen-bond donors (Lipinski definition) is 1. The van der Waals surface area contributed by atoms with Crippen LogP contribution in [0.4, 0.5) is 0 Å². The van der Waals surface area contributed by atoms with Crippen molar-refractivity contribution < 1.29 is 4.52 Å². The van der Waals surface area contributed by atoms with Crippen LogP contribution in [0.2, 0.25) is 0 Å². The second kappa shape index (κ2) is 4.59. The molecular formula is C15H18N4O. The van der Waals surface area contributed by atoms with E-state index in [0.717, 1.165) is 5.92 Å². The first kappa shape index (κ1) is 11.9. The summed E-state index contributed by atoms with van der Waals surface area (Å²) in [5.41, 5.74) is 5.59. The first-order valence-corrected chi connectivity index (χ1v) is 7.18. The highest BCUT2D eigenvalue weighted by atomic mass is 16.5. The predicted octanol–water partition coefficient (Wildman–Crippen LogP) is 2.13. The van der Waals surface area contributed by atoms with Gasteiger partial charge >= 0.3 is 0 Å². The van der Waals surface area contributed by atoms with Gasteiger partial charge in [-0.3, -0.25) is 0 Å². The molecule has 2 aliphatic carbocycles. The molecule has 0 radical (unpaired) electrons. The standard InChI is InChI=1S/C15H18N4O/c16-9-13-17-15(20-18-13)14(19-5-1-2-6-19)12-8-10-3-4-11(12)7-10/h1-6,10-12,14H,7-9,16H2/t10-,11-,12-,14+/m0/s1. The minimum Gasteiger partial charge on any atom is -0.342 e. The summed E-state index contributed by atoms with van der Waals surface area (Å²) in [5, 5.41) is 3.96. The number of nitrogens with two attached hydrogens (primary N) is 1. The van der Waals surface area contributed by atoms with Gasteiger partial charge in [-0.2, -0.15) is 4.98 Å². The summed E-state index contributed by atoms with van der Waals surface area (Å²) in [5.74, 6) is 3.15. The molecule has 4 rings (SSSR count). The van der Waals surface area contributed by atoms with Crippen LogP contribution in [0, 0.1) is 17.8 Å². The van der Waals surface area contributed by atoms with E-state index in [1.165, 1.54) is 12.8 Å². The van der Waals surface area contributed by atoms with Crippen LogP contribution < -0.4 is 5.73 Å². The van der Waals surface area contributed by atoms with Crippen LogP contribution in [0.3, 0.4) is 0 Å². The zero-order chi connectivity index (χ0) is 13.5. The number of fused-ring (bicyclic) bond motifs is 2. The van der Waals surface area contributed by atoms with Gasteiger partial charge in [-0.1, -0.05) is 17.3 Å². The Balaban J connectivity index is 1.72. The Morgan fingerprint density at radius 2 is 2.15 bits per heavy atom. The fourth-order valence-corrected chi connectivity index (χ4v) is 3.72. The van der Waals surface area contributed by atoms with E-state index >= 15 is 0 Å². The molecule has 2 aromatic heterocycles. The molecule has 2 N–H and O–H groups in total. The van der Waals surface area contributed by atoms with Crippen LogP contribution in [0.15, 0.2) is 41.2 Å². The minimum absolute atomic E-state index is 0.123. The summed E-state index contributed by atoms with van der Waals surface area (Å²) in [6.07, 6.45) is 11.3. The largest absolute Gasteiger partial charge is 0.342 e. The first-order valence-electron chi connectivity index (χ1n) is 7.18. The molecule has 104 valence electrons. The van der Waals surface area contributed by atoms with Gasteiger partial charge in [0.05, 0.1) is 6.54 Å². The molecule has 0 spiro atoms. The third-order valence-electron chi connectivity index (χ3n) is 4.60. The van der Waals surface area contributed by atoms with E-state index in [0.29, 0.717) is 30.1 Å². The van der Waals surface area contributed by atoms with E-state index in [1.807, 2.05) is 12.1 Å². The van der Waals surface area contributed by atoms with Gasteiger partial charge in [0.1, 0.15) is 6.04 Å². The highest BCUT2D eigenvalue weighted by molar-refractivity contribution is 5.15. The van der Waals surface area contributed by atoms with Crippen molar-refractivity contribution in [1.82, 2.24) is 14.7 Å². The summed E-state index contributed by atoms with van der Waals surface area (Å²) in [7, 11) is 0. The van der Waals surface area contributed by atoms with Gasteiger partial charge in [0.2, 0.25) is 5.89 Å². The third kappa shape index (κ3) is 1.81. The zero-order valence-corrected chi connectivity index (χ0v) is 11.2. The average molecular weight is 270 g/mol. The van der Waals surface area contributed by atoms with Gasteiger partial charge < -0.3 is 14.8 Å². The van der Waals surface area contributed by atoms with Gasteiger partial charge in [-0.25, -0.2) is 0 Å². The van der Waals surface area contributed by atoms with Crippen LogP contribution in [-0.2, 0) is 6.54 Å². The normalized spacial score (nSPS) is 29.1. The summed E-state index contributed by atoms with van der Waals surface area (Å²) >= 11 is 0. The van der Waals surface area contributed by atoms with Crippen molar-refractivity contribution in [3.63, 3.8) is 0 Å². The molecule has 0 amide bonds. The van der Waals surface area contributed by atoms with E-state index < -0.39 is 0 Å². The lowest BCUT2D eigenvalue weighted by atomic mass is 9.86. The molecule has 20 heavy (non-hydrogen) atoms. The molecule has 1 fully saturated rings. The molecule has 0 saturated heterocycles. The fourth-order valence-electron chi connectivity index (χ4n) is 3.72. The second-order valence-corrected chi connectivity index (χ2v) is 5.77. The third-order valence-corrected chi connectivity index (χ3v) is 4.60. The second-order valence-electron chi connectivity index (χ2n) is 5.77. The number of aromatic nitrogens is 3. The minimum atomic E-state index is 0.123. The maximum absolute atomic E-state index is 5.59. The Kier molecular flexibility index (Phi) is 2.73. The summed E-state index contributed by atoms with van der Waals surface area (Å²) in [4.78, 5) is 4.47. The molecule has 0 aliphatic heterocycles. The van der Waals surface area contributed by atoms with Crippen molar-refractivity contribution in [2.75, 3.05) is 0 Å². The maximum atomic E-state index is 5.59. The summed E-state index contributed by atoms with van der Waals surface area (Å²) < 4.78 is 7.66. The molecular weight excluding hydrogens is 252 g/mol. The van der Waals surface area contributed by atoms with E-state index in [2.05, 4.69) is 39.3 Å². The fraction of sp³-hybridized carbons (Fsp3) is 0.467. The topological polar surface area (TPSA) is 69.9 Å². The molecule has 5 heteroatoms. The molecule has 2 aromatic rings. The highest BCUT2D eigenvalue weighted by Crippen LogP contribution is 2.49. The van der Waals surface area contributed by atoms with Crippen molar-refractivity contribution in [2.45, 2.75) is 25.4 Å². The van der Waals surface area contributed by atoms with Crippen molar-refractivity contribution in [3.8, 4) is 0 Å². The van der Waals surface area contributed by atoms with Crippen molar-refractivity contribution in [3.05, 3.63) is 48.4 Å². The SMILES string of the molecule is NCc1noc([C@@H]([C@H]2C[C@H]3C=C[C@H]2C3)n2cccc2)n1. The van der Waals surface area contributed by atoms with Crippen LogP contribution in [0.5, 0.6) is 0 Å². The van der Waals surface area contributed by atoms with Crippen LogP contribution in [0.1, 0.15) is 30.6 Å². The monoisotopic (exact) mass is 270 g/mol. The van der Waals surface area contributed by atoms with Gasteiger partial charge in [0, 0.05) is 12.4 Å². The Morgan fingerprint density at radius 1 is 1.30 bits per heavy atom. The van der Waals surface area contributed by atoms with E-state index in [9.17, 15) is 0 Å². The quantitative estimate of drug-likeness (QED) is 0.864. The van der Waals surface area contributed by atoms with Gasteiger partial charge in [-0.15, -0.1) is 0 Å². The molecule has 1 saturated carbocycles. The van der Waals surface area contributed by atoms with Crippen molar-refractivity contribution >= 4 is 0 Å². The number of allylic oxidation sites excluding steroid dienone is 2. The summed E-state index contributed by atoms with van der Waals surface area (Å²) in [6.45, 7) is 0.318. The lowest BCUT2D eigenvalue weighted by Gasteiger charge is -2.27. The molecule has 0 aromatic carbocycles. The number of nitrogens with zero attached hydrogens (tertiary/aromatic N) is 3. The number of rotatable bonds is 4. The predicted molar refractivity (Wildman–Crippen MR) is 73.6 cm³/mol. The lowest BCUT2D eigenvalue weighted by molar-refractivity contribution is 0.252. The molecule has 2 bridgehead atoms. The average Bonchev–Trinajstić information content (AvgIpc) is 3.25. The van der Waals surface area contributed by atoms with E-state index in [4.69, 9.17) is 10.3 Å². The first-order chi connectivity index (χ1) is 9.85. The van der Waals surface area contributed by atoms with Crippen LogP contribution >= 0.6 is 0 Å². The Labute approximate surface area is 117 Å². The van der Waals surface area contributed by atoms with Crippen LogP contribution in [0.25, 0.3) is 0 Å². The van der Waals surface area contributed by atoms with Crippen LogP contribution in [-0.4, -0.2) is 14.7 Å². The smallest absolute Gasteiger partial charge is 0.250 e.